The van der Waals surface area contributed by atoms with Crippen molar-refractivity contribution in [1.82, 2.24) is 4.98 Å². The normalized spacial score (nSPS) is 11.1. The first-order valence-corrected chi connectivity index (χ1v) is 5.23. The van der Waals surface area contributed by atoms with Crippen molar-refractivity contribution in [2.75, 3.05) is 0 Å². The van der Waals surface area contributed by atoms with Crippen LogP contribution in [0, 0.1) is 0 Å². The van der Waals surface area contributed by atoms with E-state index < -0.39 is 0 Å². The third kappa shape index (κ3) is 2.35. The first-order valence-electron chi connectivity index (χ1n) is 5.23. The van der Waals surface area contributed by atoms with Crippen LogP contribution in [0.3, 0.4) is 0 Å². The summed E-state index contributed by atoms with van der Waals surface area (Å²) in [4.78, 5) is 15.7. The zero-order valence-electron chi connectivity index (χ0n) is 9.74. The van der Waals surface area contributed by atoms with Crippen molar-refractivity contribution in [3.63, 3.8) is 0 Å². The minimum absolute atomic E-state index is 0.214. The van der Waals surface area contributed by atoms with E-state index >= 15 is 0 Å². The van der Waals surface area contributed by atoms with Gasteiger partial charge in [-0.05, 0) is 23.5 Å². The van der Waals surface area contributed by atoms with Gasteiger partial charge in [0.1, 0.15) is 0 Å². The molecule has 0 saturated heterocycles. The molecule has 1 amide bonds. The average Bonchev–Trinajstić information content (AvgIpc) is 2.16. The molecule has 0 spiro atoms. The maximum Gasteiger partial charge on any atom is 0.250 e. The molecule has 1 heterocycles. The molecule has 2 N–H and O–H groups in total. The van der Waals surface area contributed by atoms with E-state index in [2.05, 4.69) is 4.98 Å². The van der Waals surface area contributed by atoms with Crippen LogP contribution in [0.2, 0.25) is 0 Å². The number of rotatable bonds is 3. The molecule has 1 aromatic heterocycles. The number of hydrogen-bond donors (Lipinski definition) is 1. The first kappa shape index (κ1) is 11.7. The van der Waals surface area contributed by atoms with Crippen molar-refractivity contribution in [3.05, 3.63) is 29.1 Å². The SMILES string of the molecule is CC(C)c1ccnc(C(C)C)c1C(N)=O. The third-order valence-corrected chi connectivity index (χ3v) is 2.43. The van der Waals surface area contributed by atoms with E-state index in [-0.39, 0.29) is 17.7 Å². The van der Waals surface area contributed by atoms with Crippen LogP contribution in [-0.2, 0) is 0 Å². The number of nitrogens with two attached hydrogens (primary N) is 1. The minimum Gasteiger partial charge on any atom is -0.366 e. The van der Waals surface area contributed by atoms with Crippen molar-refractivity contribution in [2.45, 2.75) is 39.5 Å². The predicted molar refractivity (Wildman–Crippen MR) is 60.9 cm³/mol. The molecule has 0 radical (unpaired) electrons. The summed E-state index contributed by atoms with van der Waals surface area (Å²) in [6, 6.07) is 1.87. The van der Waals surface area contributed by atoms with Crippen LogP contribution >= 0.6 is 0 Å². The fourth-order valence-corrected chi connectivity index (χ4v) is 1.68. The van der Waals surface area contributed by atoms with E-state index in [0.717, 1.165) is 11.3 Å². The quantitative estimate of drug-likeness (QED) is 0.825. The molecule has 0 aliphatic rings. The van der Waals surface area contributed by atoms with Crippen LogP contribution < -0.4 is 5.73 Å². The zero-order chi connectivity index (χ0) is 11.6. The first-order chi connectivity index (χ1) is 6.95. The van der Waals surface area contributed by atoms with Crippen LogP contribution in [0.4, 0.5) is 0 Å². The van der Waals surface area contributed by atoms with Gasteiger partial charge in [0.25, 0.3) is 5.91 Å². The minimum atomic E-state index is -0.379. The summed E-state index contributed by atoms with van der Waals surface area (Å²) >= 11 is 0. The lowest BCUT2D eigenvalue weighted by molar-refractivity contribution is 0.0997. The molecule has 1 rings (SSSR count). The molecule has 15 heavy (non-hydrogen) atoms. The molecule has 0 saturated carbocycles. The van der Waals surface area contributed by atoms with E-state index in [0.29, 0.717) is 5.56 Å². The van der Waals surface area contributed by atoms with E-state index in [1.807, 2.05) is 33.8 Å². The summed E-state index contributed by atoms with van der Waals surface area (Å²) in [6.45, 7) is 8.12. The van der Waals surface area contributed by atoms with Gasteiger partial charge in [0.15, 0.2) is 0 Å². The molecule has 0 aliphatic heterocycles. The molecule has 0 unspecified atom stereocenters. The van der Waals surface area contributed by atoms with Crippen molar-refractivity contribution >= 4 is 5.91 Å². The lowest BCUT2D eigenvalue weighted by Crippen LogP contribution is -2.19. The number of aromatic nitrogens is 1. The summed E-state index contributed by atoms with van der Waals surface area (Å²) in [5.41, 5.74) is 7.80. The molecule has 0 fully saturated rings. The van der Waals surface area contributed by atoms with Crippen molar-refractivity contribution in [3.8, 4) is 0 Å². The molecule has 3 nitrogen and oxygen atoms in total. The van der Waals surface area contributed by atoms with Gasteiger partial charge in [-0.2, -0.15) is 0 Å². The van der Waals surface area contributed by atoms with Crippen LogP contribution in [0.15, 0.2) is 12.3 Å². The zero-order valence-corrected chi connectivity index (χ0v) is 9.74. The van der Waals surface area contributed by atoms with Gasteiger partial charge in [0, 0.05) is 6.20 Å². The topological polar surface area (TPSA) is 56.0 Å². The van der Waals surface area contributed by atoms with E-state index in [9.17, 15) is 4.79 Å². The highest BCUT2D eigenvalue weighted by Gasteiger charge is 2.18. The number of amides is 1. The predicted octanol–water partition coefficient (Wildman–Crippen LogP) is 2.43. The molecule has 3 heteroatoms. The van der Waals surface area contributed by atoms with Gasteiger partial charge >= 0.3 is 0 Å². The molecular formula is C12H18N2O. The monoisotopic (exact) mass is 206 g/mol. The largest absolute Gasteiger partial charge is 0.366 e. The van der Waals surface area contributed by atoms with Gasteiger partial charge in [-0.3, -0.25) is 9.78 Å². The smallest absolute Gasteiger partial charge is 0.250 e. The Balaban J connectivity index is 3.42. The number of hydrogen-bond acceptors (Lipinski definition) is 2. The highest BCUT2D eigenvalue weighted by Crippen LogP contribution is 2.25. The summed E-state index contributed by atoms with van der Waals surface area (Å²) in [5, 5.41) is 0. The number of pyridine rings is 1. The lowest BCUT2D eigenvalue weighted by atomic mass is 9.92. The van der Waals surface area contributed by atoms with Gasteiger partial charge in [-0.1, -0.05) is 27.7 Å². The fraction of sp³-hybridized carbons (Fsp3) is 0.500. The Morgan fingerprint density at radius 3 is 2.27 bits per heavy atom. The highest BCUT2D eigenvalue weighted by molar-refractivity contribution is 5.95. The standard InChI is InChI=1S/C12H18N2O/c1-7(2)9-5-6-14-11(8(3)4)10(9)12(13)15/h5-8H,1-4H3,(H2,13,15). The van der Waals surface area contributed by atoms with Crippen LogP contribution in [0.25, 0.3) is 0 Å². The fourth-order valence-electron chi connectivity index (χ4n) is 1.68. The Morgan fingerprint density at radius 1 is 1.27 bits per heavy atom. The summed E-state index contributed by atoms with van der Waals surface area (Å²) in [6.07, 6.45) is 1.75. The second-order valence-corrected chi connectivity index (χ2v) is 4.33. The summed E-state index contributed by atoms with van der Waals surface area (Å²) in [7, 11) is 0. The van der Waals surface area contributed by atoms with Gasteiger partial charge in [-0.25, -0.2) is 0 Å². The molecule has 0 aliphatic carbocycles. The number of carbonyl (C=O) groups is 1. The summed E-state index contributed by atoms with van der Waals surface area (Å²) < 4.78 is 0. The molecule has 0 bridgehead atoms. The van der Waals surface area contributed by atoms with Crippen LogP contribution in [0.1, 0.15) is 61.1 Å². The Hall–Kier alpha value is -1.38. The maximum atomic E-state index is 11.4. The van der Waals surface area contributed by atoms with Crippen molar-refractivity contribution < 1.29 is 4.79 Å². The summed E-state index contributed by atoms with van der Waals surface area (Å²) in [5.74, 6) is 0.120. The van der Waals surface area contributed by atoms with Gasteiger partial charge in [0.05, 0.1) is 11.3 Å². The molecular weight excluding hydrogens is 188 g/mol. The lowest BCUT2D eigenvalue weighted by Gasteiger charge is -2.15. The highest BCUT2D eigenvalue weighted by atomic mass is 16.1. The number of primary amides is 1. The van der Waals surface area contributed by atoms with Crippen molar-refractivity contribution in [1.29, 1.82) is 0 Å². The Morgan fingerprint density at radius 2 is 1.87 bits per heavy atom. The van der Waals surface area contributed by atoms with Gasteiger partial charge in [-0.15, -0.1) is 0 Å². The molecule has 0 aromatic carbocycles. The number of nitrogens with zero attached hydrogens (tertiary/aromatic N) is 1. The Labute approximate surface area is 90.7 Å². The Kier molecular flexibility index (Phi) is 3.45. The van der Waals surface area contributed by atoms with Gasteiger partial charge in [0.2, 0.25) is 0 Å². The average molecular weight is 206 g/mol. The molecule has 1 aromatic rings. The maximum absolute atomic E-state index is 11.4. The second kappa shape index (κ2) is 4.43. The van der Waals surface area contributed by atoms with E-state index in [1.54, 1.807) is 6.20 Å². The molecule has 82 valence electrons. The number of carbonyl (C=O) groups excluding carboxylic acids is 1. The van der Waals surface area contributed by atoms with E-state index in [4.69, 9.17) is 5.73 Å². The third-order valence-electron chi connectivity index (χ3n) is 2.43. The second-order valence-electron chi connectivity index (χ2n) is 4.33. The Bertz CT molecular complexity index is 344. The van der Waals surface area contributed by atoms with Crippen LogP contribution in [-0.4, -0.2) is 10.9 Å². The van der Waals surface area contributed by atoms with E-state index in [1.165, 1.54) is 0 Å². The van der Waals surface area contributed by atoms with Crippen molar-refractivity contribution in [2.24, 2.45) is 5.73 Å². The van der Waals surface area contributed by atoms with Crippen LogP contribution in [0.5, 0.6) is 0 Å². The van der Waals surface area contributed by atoms with Gasteiger partial charge < -0.3 is 5.73 Å². The molecule has 0 atom stereocenters.